The standard InChI is InChI=1S/C25H25ClN2O6S/c1-4-34-20-10-12-21(13-11-20)35(31,32)28(19-8-5-17(2)6-9-19)16-24(29)27-23-15-18(25(30)33-3)7-14-22(23)26/h5-15H,4,16H2,1-3H3,(H,27,29). The van der Waals surface area contributed by atoms with E-state index < -0.39 is 28.4 Å². The zero-order valence-electron chi connectivity index (χ0n) is 19.4. The Bertz CT molecular complexity index is 1310. The molecule has 0 aromatic heterocycles. The van der Waals surface area contributed by atoms with Gasteiger partial charge in [0.05, 0.1) is 40.6 Å². The number of methoxy groups -OCH3 is 1. The highest BCUT2D eigenvalue weighted by atomic mass is 35.5. The van der Waals surface area contributed by atoms with Gasteiger partial charge in [0.1, 0.15) is 12.3 Å². The van der Waals surface area contributed by atoms with Crippen molar-refractivity contribution in [2.75, 3.05) is 29.9 Å². The van der Waals surface area contributed by atoms with Crippen molar-refractivity contribution in [1.82, 2.24) is 0 Å². The van der Waals surface area contributed by atoms with Crippen LogP contribution in [-0.4, -0.2) is 40.6 Å². The molecule has 3 aromatic carbocycles. The summed E-state index contributed by atoms with van der Waals surface area (Å²) in [4.78, 5) is 24.8. The number of nitrogens with zero attached hydrogens (tertiary/aromatic N) is 1. The van der Waals surface area contributed by atoms with Gasteiger partial charge in [-0.15, -0.1) is 0 Å². The largest absolute Gasteiger partial charge is 0.494 e. The average molecular weight is 517 g/mol. The summed E-state index contributed by atoms with van der Waals surface area (Å²) in [7, 11) is -2.88. The molecule has 35 heavy (non-hydrogen) atoms. The molecule has 3 rings (SSSR count). The number of hydrogen-bond acceptors (Lipinski definition) is 6. The second kappa shape index (κ2) is 11.2. The molecule has 0 aliphatic carbocycles. The molecule has 0 radical (unpaired) electrons. The second-order valence-corrected chi connectivity index (χ2v) is 9.76. The third-order valence-electron chi connectivity index (χ3n) is 4.99. The Morgan fingerprint density at radius 2 is 1.66 bits per heavy atom. The fourth-order valence-electron chi connectivity index (χ4n) is 3.21. The van der Waals surface area contributed by atoms with Crippen LogP contribution >= 0.6 is 11.6 Å². The Hall–Kier alpha value is -3.56. The molecule has 8 nitrogen and oxygen atoms in total. The lowest BCUT2D eigenvalue weighted by Gasteiger charge is -2.24. The van der Waals surface area contributed by atoms with Crippen LogP contribution in [-0.2, 0) is 19.6 Å². The molecule has 3 aromatic rings. The summed E-state index contributed by atoms with van der Waals surface area (Å²) >= 11 is 6.17. The van der Waals surface area contributed by atoms with Gasteiger partial charge in [0.25, 0.3) is 10.0 Å². The maximum Gasteiger partial charge on any atom is 0.337 e. The Balaban J connectivity index is 1.93. The van der Waals surface area contributed by atoms with E-state index in [0.29, 0.717) is 18.0 Å². The van der Waals surface area contributed by atoms with E-state index in [1.165, 1.54) is 37.4 Å². The van der Waals surface area contributed by atoms with Gasteiger partial charge in [-0.3, -0.25) is 9.10 Å². The Morgan fingerprint density at radius 3 is 2.26 bits per heavy atom. The number of ether oxygens (including phenoxy) is 2. The van der Waals surface area contributed by atoms with Crippen LogP contribution in [0.3, 0.4) is 0 Å². The van der Waals surface area contributed by atoms with Crippen LogP contribution in [0.5, 0.6) is 5.75 Å². The number of carbonyl (C=O) groups is 2. The van der Waals surface area contributed by atoms with E-state index in [4.69, 9.17) is 21.1 Å². The number of carbonyl (C=O) groups excluding carboxylic acids is 2. The van der Waals surface area contributed by atoms with E-state index in [-0.39, 0.29) is 21.2 Å². The predicted octanol–water partition coefficient (Wildman–Crippen LogP) is 4.67. The average Bonchev–Trinajstić information content (AvgIpc) is 2.84. The molecule has 0 aliphatic rings. The van der Waals surface area contributed by atoms with Gasteiger partial charge in [0.2, 0.25) is 5.91 Å². The second-order valence-electron chi connectivity index (χ2n) is 7.49. The van der Waals surface area contributed by atoms with Crippen LogP contribution in [0.25, 0.3) is 0 Å². The molecular formula is C25H25ClN2O6S. The summed E-state index contributed by atoms with van der Waals surface area (Å²) < 4.78 is 38.2. The maximum atomic E-state index is 13.5. The van der Waals surface area contributed by atoms with Crippen molar-refractivity contribution in [2.24, 2.45) is 0 Å². The monoisotopic (exact) mass is 516 g/mol. The quantitative estimate of drug-likeness (QED) is 0.415. The lowest BCUT2D eigenvalue weighted by atomic mass is 10.2. The molecule has 184 valence electrons. The van der Waals surface area contributed by atoms with Crippen LogP contribution in [0, 0.1) is 6.92 Å². The van der Waals surface area contributed by atoms with Gasteiger partial charge in [-0.1, -0.05) is 29.3 Å². The van der Waals surface area contributed by atoms with Crippen LogP contribution in [0.15, 0.2) is 71.6 Å². The Kier molecular flexibility index (Phi) is 8.37. The van der Waals surface area contributed by atoms with Gasteiger partial charge in [0, 0.05) is 0 Å². The van der Waals surface area contributed by atoms with Crippen molar-refractivity contribution < 1.29 is 27.5 Å². The van der Waals surface area contributed by atoms with Gasteiger partial charge in [-0.2, -0.15) is 0 Å². The number of esters is 1. The third kappa shape index (κ3) is 6.32. The lowest BCUT2D eigenvalue weighted by Crippen LogP contribution is -2.38. The summed E-state index contributed by atoms with van der Waals surface area (Å²) in [6.07, 6.45) is 0. The van der Waals surface area contributed by atoms with Crippen LogP contribution < -0.4 is 14.4 Å². The minimum absolute atomic E-state index is 0.0000454. The topological polar surface area (TPSA) is 102 Å². The third-order valence-corrected chi connectivity index (χ3v) is 7.11. The van der Waals surface area contributed by atoms with Crippen molar-refractivity contribution in [3.63, 3.8) is 0 Å². The number of hydrogen-bond donors (Lipinski definition) is 1. The number of amides is 1. The molecular weight excluding hydrogens is 492 g/mol. The van der Waals surface area contributed by atoms with Crippen molar-refractivity contribution in [3.8, 4) is 5.75 Å². The number of anilines is 2. The molecule has 0 spiro atoms. The molecule has 0 unspecified atom stereocenters. The molecule has 0 saturated carbocycles. The fraction of sp³-hybridized carbons (Fsp3) is 0.200. The SMILES string of the molecule is CCOc1ccc(S(=O)(=O)N(CC(=O)Nc2cc(C(=O)OC)ccc2Cl)c2ccc(C)cc2)cc1. The smallest absolute Gasteiger partial charge is 0.337 e. The first-order valence-electron chi connectivity index (χ1n) is 10.7. The number of rotatable bonds is 9. The van der Waals surface area contributed by atoms with Crippen LogP contribution in [0.1, 0.15) is 22.8 Å². The summed E-state index contributed by atoms with van der Waals surface area (Å²) in [6.45, 7) is 3.62. The van der Waals surface area contributed by atoms with E-state index in [1.54, 1.807) is 36.4 Å². The van der Waals surface area contributed by atoms with E-state index in [0.717, 1.165) is 9.87 Å². The zero-order chi connectivity index (χ0) is 25.6. The van der Waals surface area contributed by atoms with Gasteiger partial charge < -0.3 is 14.8 Å². The van der Waals surface area contributed by atoms with Crippen molar-refractivity contribution in [3.05, 3.63) is 82.9 Å². The van der Waals surface area contributed by atoms with Gasteiger partial charge in [0.15, 0.2) is 0 Å². The number of halogens is 1. The summed E-state index contributed by atoms with van der Waals surface area (Å²) in [6, 6.07) is 17.0. The maximum absolute atomic E-state index is 13.5. The Labute approximate surface area is 209 Å². The molecule has 1 amide bonds. The molecule has 0 fully saturated rings. The summed E-state index contributed by atoms with van der Waals surface area (Å²) in [5, 5.41) is 2.77. The molecule has 0 aliphatic heterocycles. The van der Waals surface area contributed by atoms with Crippen molar-refractivity contribution in [1.29, 1.82) is 0 Å². The molecule has 0 bridgehead atoms. The number of benzene rings is 3. The first kappa shape index (κ1) is 26.1. The van der Waals surface area contributed by atoms with Gasteiger partial charge in [-0.25, -0.2) is 13.2 Å². The van der Waals surface area contributed by atoms with E-state index in [9.17, 15) is 18.0 Å². The normalized spacial score (nSPS) is 11.0. The van der Waals surface area contributed by atoms with Crippen LogP contribution in [0.4, 0.5) is 11.4 Å². The number of aryl methyl sites for hydroxylation is 1. The fourth-order valence-corrected chi connectivity index (χ4v) is 4.80. The first-order valence-corrected chi connectivity index (χ1v) is 12.5. The van der Waals surface area contributed by atoms with Crippen molar-refractivity contribution in [2.45, 2.75) is 18.7 Å². The summed E-state index contributed by atoms with van der Waals surface area (Å²) in [5.74, 6) is -0.716. The highest BCUT2D eigenvalue weighted by Gasteiger charge is 2.27. The molecule has 1 N–H and O–H groups in total. The first-order chi connectivity index (χ1) is 16.6. The van der Waals surface area contributed by atoms with Gasteiger partial charge in [-0.05, 0) is 68.4 Å². The predicted molar refractivity (Wildman–Crippen MR) is 135 cm³/mol. The van der Waals surface area contributed by atoms with Crippen LogP contribution in [0.2, 0.25) is 5.02 Å². The Morgan fingerprint density at radius 1 is 1.00 bits per heavy atom. The van der Waals surface area contributed by atoms with Gasteiger partial charge >= 0.3 is 5.97 Å². The molecule has 0 heterocycles. The zero-order valence-corrected chi connectivity index (χ0v) is 21.0. The molecule has 0 saturated heterocycles. The summed E-state index contributed by atoms with van der Waals surface area (Å²) in [5.41, 5.74) is 1.59. The molecule has 0 atom stereocenters. The lowest BCUT2D eigenvalue weighted by molar-refractivity contribution is -0.114. The van der Waals surface area contributed by atoms with E-state index in [2.05, 4.69) is 5.32 Å². The highest BCUT2D eigenvalue weighted by Crippen LogP contribution is 2.27. The molecule has 10 heteroatoms. The number of nitrogens with one attached hydrogen (secondary N) is 1. The van der Waals surface area contributed by atoms with E-state index in [1.807, 2.05) is 13.8 Å². The highest BCUT2D eigenvalue weighted by molar-refractivity contribution is 7.92. The van der Waals surface area contributed by atoms with Crippen molar-refractivity contribution >= 4 is 44.9 Å². The number of sulfonamides is 1. The van der Waals surface area contributed by atoms with E-state index >= 15 is 0 Å². The minimum atomic E-state index is -4.11. The minimum Gasteiger partial charge on any atom is -0.494 e.